The predicted octanol–water partition coefficient (Wildman–Crippen LogP) is 4.16. The van der Waals surface area contributed by atoms with E-state index in [1.165, 1.54) is 30.2 Å². The number of carbonyl (C=O) groups excluding carboxylic acids is 1. The van der Waals surface area contributed by atoms with Crippen LogP contribution in [-0.2, 0) is 4.79 Å². The Hall–Kier alpha value is -2.10. The number of hydrogen-bond donors (Lipinski definition) is 0. The van der Waals surface area contributed by atoms with E-state index in [1.54, 1.807) is 0 Å². The van der Waals surface area contributed by atoms with Gasteiger partial charge in [0.15, 0.2) is 0 Å². The summed E-state index contributed by atoms with van der Waals surface area (Å²) in [6.07, 6.45) is 7.12. The van der Waals surface area contributed by atoms with Crippen molar-refractivity contribution in [1.29, 1.82) is 0 Å². The number of piperidine rings is 1. The van der Waals surface area contributed by atoms with E-state index in [0.717, 1.165) is 62.7 Å². The smallest absolute Gasteiger partial charge is 0.230 e. The standard InChI is InChI=1S/C23H29N3O/c1-17-14-21(24-20-9-3-2-8-19(17)20)26-13-11-23(16-26)10-5-12-25(22(23)27)15-18-6-4-7-18/h2-3,8-9,14,18H,4-7,10-13,15-16H2,1H3/t23-/m1/s1. The summed E-state index contributed by atoms with van der Waals surface area (Å²) < 4.78 is 0. The van der Waals surface area contributed by atoms with Crippen LogP contribution in [0, 0.1) is 18.3 Å². The van der Waals surface area contributed by atoms with Gasteiger partial charge in [-0.3, -0.25) is 4.79 Å². The van der Waals surface area contributed by atoms with Crippen LogP contribution in [0.5, 0.6) is 0 Å². The fourth-order valence-corrected chi connectivity index (χ4v) is 5.25. The predicted molar refractivity (Wildman–Crippen MR) is 109 cm³/mol. The third kappa shape index (κ3) is 2.90. The van der Waals surface area contributed by atoms with E-state index < -0.39 is 0 Å². The number of nitrogens with zero attached hydrogens (tertiary/aromatic N) is 3. The maximum atomic E-state index is 13.4. The first-order chi connectivity index (χ1) is 13.1. The molecule has 1 aromatic carbocycles. The number of carbonyl (C=O) groups is 1. The Morgan fingerprint density at radius 3 is 2.81 bits per heavy atom. The third-order valence-electron chi connectivity index (χ3n) is 7.11. The molecule has 1 saturated carbocycles. The molecule has 3 heterocycles. The monoisotopic (exact) mass is 363 g/mol. The zero-order valence-electron chi connectivity index (χ0n) is 16.3. The topological polar surface area (TPSA) is 36.4 Å². The Labute approximate surface area is 161 Å². The molecule has 1 amide bonds. The lowest BCUT2D eigenvalue weighted by molar-refractivity contribution is -0.146. The second-order valence-electron chi connectivity index (χ2n) is 8.92. The molecule has 1 spiro atoms. The summed E-state index contributed by atoms with van der Waals surface area (Å²) in [5.41, 5.74) is 2.14. The SMILES string of the molecule is Cc1cc(N2CC[C@]3(CCCN(CC4CCC4)C3=O)C2)nc2ccccc12. The van der Waals surface area contributed by atoms with Gasteiger partial charge >= 0.3 is 0 Å². The number of benzene rings is 1. The molecule has 4 heteroatoms. The highest BCUT2D eigenvalue weighted by Crippen LogP contribution is 2.42. The van der Waals surface area contributed by atoms with E-state index in [0.29, 0.717) is 5.91 Å². The van der Waals surface area contributed by atoms with E-state index in [1.807, 2.05) is 6.07 Å². The van der Waals surface area contributed by atoms with Crippen molar-refractivity contribution >= 4 is 22.6 Å². The molecule has 0 radical (unpaired) electrons. The van der Waals surface area contributed by atoms with E-state index in [-0.39, 0.29) is 5.41 Å². The zero-order chi connectivity index (χ0) is 18.4. The number of amides is 1. The van der Waals surface area contributed by atoms with E-state index in [9.17, 15) is 4.79 Å². The Morgan fingerprint density at radius 1 is 1.15 bits per heavy atom. The normalized spacial score (nSPS) is 26.2. The number of rotatable bonds is 3. The molecule has 1 aromatic heterocycles. The zero-order valence-corrected chi connectivity index (χ0v) is 16.3. The second-order valence-corrected chi connectivity index (χ2v) is 8.92. The molecular weight excluding hydrogens is 334 g/mol. The number of pyridine rings is 1. The van der Waals surface area contributed by atoms with Gasteiger partial charge in [0.05, 0.1) is 10.9 Å². The van der Waals surface area contributed by atoms with Crippen LogP contribution in [0.4, 0.5) is 5.82 Å². The number of fused-ring (bicyclic) bond motifs is 1. The Kier molecular flexibility index (Phi) is 4.10. The molecule has 5 rings (SSSR count). The summed E-state index contributed by atoms with van der Waals surface area (Å²) in [5.74, 6) is 2.21. The van der Waals surface area contributed by atoms with Crippen molar-refractivity contribution in [2.45, 2.75) is 45.4 Å². The molecule has 1 atom stereocenters. The van der Waals surface area contributed by atoms with Crippen LogP contribution >= 0.6 is 0 Å². The molecule has 0 N–H and O–H groups in total. The first-order valence-corrected chi connectivity index (χ1v) is 10.6. The van der Waals surface area contributed by atoms with Gasteiger partial charge in [0, 0.05) is 31.6 Å². The number of likely N-dealkylation sites (tertiary alicyclic amines) is 1. The van der Waals surface area contributed by atoms with Gasteiger partial charge in [-0.2, -0.15) is 0 Å². The summed E-state index contributed by atoms with van der Waals surface area (Å²) >= 11 is 0. The number of hydrogen-bond acceptors (Lipinski definition) is 3. The molecular formula is C23H29N3O. The van der Waals surface area contributed by atoms with Gasteiger partial charge in [-0.05, 0) is 62.6 Å². The van der Waals surface area contributed by atoms with Crippen molar-refractivity contribution in [3.63, 3.8) is 0 Å². The maximum absolute atomic E-state index is 13.4. The highest BCUT2D eigenvalue weighted by molar-refractivity contribution is 5.86. The lowest BCUT2D eigenvalue weighted by Gasteiger charge is -2.42. The summed E-state index contributed by atoms with van der Waals surface area (Å²) in [4.78, 5) is 22.8. The van der Waals surface area contributed by atoms with Gasteiger partial charge in [-0.15, -0.1) is 0 Å². The van der Waals surface area contributed by atoms with Crippen molar-refractivity contribution in [3.05, 3.63) is 35.9 Å². The van der Waals surface area contributed by atoms with Crippen molar-refractivity contribution < 1.29 is 4.79 Å². The van der Waals surface area contributed by atoms with Crippen molar-refractivity contribution in [2.24, 2.45) is 11.3 Å². The van der Waals surface area contributed by atoms with Crippen LogP contribution in [0.1, 0.15) is 44.1 Å². The Balaban J connectivity index is 1.38. The number of anilines is 1. The molecule has 2 aromatic rings. The van der Waals surface area contributed by atoms with Crippen LogP contribution in [-0.4, -0.2) is 42.0 Å². The van der Waals surface area contributed by atoms with Crippen molar-refractivity contribution in [1.82, 2.24) is 9.88 Å². The molecule has 1 aliphatic carbocycles. The second kappa shape index (κ2) is 6.50. The number of aryl methyl sites for hydroxylation is 1. The third-order valence-corrected chi connectivity index (χ3v) is 7.11. The first kappa shape index (κ1) is 17.0. The summed E-state index contributed by atoms with van der Waals surface area (Å²) in [6.45, 7) is 5.88. The Morgan fingerprint density at radius 2 is 2.00 bits per heavy atom. The average Bonchev–Trinajstić information content (AvgIpc) is 3.07. The van der Waals surface area contributed by atoms with Crippen LogP contribution < -0.4 is 4.90 Å². The molecule has 3 aliphatic rings. The van der Waals surface area contributed by atoms with Crippen molar-refractivity contribution in [3.8, 4) is 0 Å². The fourth-order valence-electron chi connectivity index (χ4n) is 5.25. The minimum atomic E-state index is -0.177. The number of aromatic nitrogens is 1. The molecule has 27 heavy (non-hydrogen) atoms. The fraction of sp³-hybridized carbons (Fsp3) is 0.565. The van der Waals surface area contributed by atoms with Gasteiger partial charge in [0.25, 0.3) is 0 Å². The van der Waals surface area contributed by atoms with E-state index in [2.05, 4.69) is 41.0 Å². The highest BCUT2D eigenvalue weighted by Gasteiger charge is 2.49. The van der Waals surface area contributed by atoms with Crippen LogP contribution in [0.15, 0.2) is 30.3 Å². The Bertz CT molecular complexity index is 875. The minimum Gasteiger partial charge on any atom is -0.355 e. The largest absolute Gasteiger partial charge is 0.355 e. The van der Waals surface area contributed by atoms with E-state index >= 15 is 0 Å². The summed E-state index contributed by atoms with van der Waals surface area (Å²) in [5, 5.41) is 1.22. The molecule has 2 aliphatic heterocycles. The summed E-state index contributed by atoms with van der Waals surface area (Å²) in [7, 11) is 0. The quantitative estimate of drug-likeness (QED) is 0.821. The molecule has 3 fully saturated rings. The van der Waals surface area contributed by atoms with Crippen LogP contribution in [0.25, 0.3) is 10.9 Å². The molecule has 4 nitrogen and oxygen atoms in total. The van der Waals surface area contributed by atoms with Gasteiger partial charge in [-0.1, -0.05) is 24.6 Å². The molecule has 0 bridgehead atoms. The van der Waals surface area contributed by atoms with Crippen LogP contribution in [0.3, 0.4) is 0 Å². The summed E-state index contributed by atoms with van der Waals surface area (Å²) in [6, 6.07) is 10.5. The lowest BCUT2D eigenvalue weighted by Crippen LogP contribution is -2.51. The lowest BCUT2D eigenvalue weighted by atomic mass is 9.77. The van der Waals surface area contributed by atoms with Gasteiger partial charge < -0.3 is 9.80 Å². The van der Waals surface area contributed by atoms with Crippen molar-refractivity contribution in [2.75, 3.05) is 31.1 Å². The van der Waals surface area contributed by atoms with Gasteiger partial charge in [-0.25, -0.2) is 4.98 Å². The number of para-hydroxylation sites is 1. The minimum absolute atomic E-state index is 0.177. The van der Waals surface area contributed by atoms with E-state index in [4.69, 9.17) is 4.98 Å². The molecule has 0 unspecified atom stereocenters. The maximum Gasteiger partial charge on any atom is 0.230 e. The molecule has 2 saturated heterocycles. The first-order valence-electron chi connectivity index (χ1n) is 10.6. The van der Waals surface area contributed by atoms with Gasteiger partial charge in [0.2, 0.25) is 5.91 Å². The van der Waals surface area contributed by atoms with Crippen LogP contribution in [0.2, 0.25) is 0 Å². The average molecular weight is 364 g/mol. The highest BCUT2D eigenvalue weighted by atomic mass is 16.2. The molecule has 142 valence electrons. The van der Waals surface area contributed by atoms with Gasteiger partial charge in [0.1, 0.15) is 5.82 Å².